The highest BCUT2D eigenvalue weighted by atomic mass is 19.2. The van der Waals surface area contributed by atoms with Crippen LogP contribution in [0.1, 0.15) is 102 Å². The molecule has 0 amide bonds. The van der Waals surface area contributed by atoms with Gasteiger partial charge < -0.3 is 0 Å². The van der Waals surface area contributed by atoms with Crippen molar-refractivity contribution in [2.45, 2.75) is 103 Å². The van der Waals surface area contributed by atoms with E-state index >= 15 is 0 Å². The minimum Gasteiger partial charge on any atom is -0.204 e. The SMILES string of the molecule is CCCCCCC[C@H]1CC[C@H](C2CC=C(CCc3ccc(F)c(F)c3)CC2)CC1. The summed E-state index contributed by atoms with van der Waals surface area (Å²) in [7, 11) is 0. The van der Waals surface area contributed by atoms with Crippen LogP contribution in [0.5, 0.6) is 0 Å². The second-order valence-corrected chi connectivity index (χ2v) is 9.63. The molecule has 1 saturated carbocycles. The summed E-state index contributed by atoms with van der Waals surface area (Å²) in [6, 6.07) is 4.31. The highest BCUT2D eigenvalue weighted by Gasteiger charge is 2.28. The van der Waals surface area contributed by atoms with Gasteiger partial charge in [-0.2, -0.15) is 0 Å². The number of aryl methyl sites for hydroxylation is 1. The molecule has 1 unspecified atom stereocenters. The predicted octanol–water partition coefficient (Wildman–Crippen LogP) is 8.79. The van der Waals surface area contributed by atoms with Gasteiger partial charge in [0.05, 0.1) is 0 Å². The summed E-state index contributed by atoms with van der Waals surface area (Å²) in [5.74, 6) is 1.35. The first-order valence-corrected chi connectivity index (χ1v) is 12.3. The molecule has 1 aromatic carbocycles. The lowest BCUT2D eigenvalue weighted by Gasteiger charge is -2.35. The first-order valence-electron chi connectivity index (χ1n) is 12.3. The topological polar surface area (TPSA) is 0 Å². The lowest BCUT2D eigenvalue weighted by atomic mass is 9.70. The van der Waals surface area contributed by atoms with Gasteiger partial charge in [-0.05, 0) is 80.4 Å². The minimum atomic E-state index is -0.750. The number of allylic oxidation sites excluding steroid dienone is 2. The molecule has 3 rings (SSSR count). The van der Waals surface area contributed by atoms with Gasteiger partial charge in [0.15, 0.2) is 11.6 Å². The number of hydrogen-bond donors (Lipinski definition) is 0. The van der Waals surface area contributed by atoms with Gasteiger partial charge in [-0.25, -0.2) is 8.78 Å². The summed E-state index contributed by atoms with van der Waals surface area (Å²) < 4.78 is 26.4. The van der Waals surface area contributed by atoms with Crippen LogP contribution in [-0.2, 0) is 6.42 Å². The molecule has 2 heteroatoms. The van der Waals surface area contributed by atoms with Crippen molar-refractivity contribution in [1.82, 2.24) is 0 Å². The maximum Gasteiger partial charge on any atom is 0.159 e. The summed E-state index contributed by atoms with van der Waals surface area (Å²) in [5.41, 5.74) is 2.42. The molecule has 0 heterocycles. The van der Waals surface area contributed by atoms with E-state index in [1.807, 2.05) is 0 Å². The maximum atomic E-state index is 13.4. The van der Waals surface area contributed by atoms with Crippen molar-refractivity contribution in [3.05, 3.63) is 47.0 Å². The Morgan fingerprint density at radius 3 is 2.31 bits per heavy atom. The lowest BCUT2D eigenvalue weighted by molar-refractivity contribution is 0.185. The standard InChI is InChI=1S/C27H40F2/c1-2-3-4-5-6-7-21-10-15-24(16-11-21)25-17-12-22(13-18-25)8-9-23-14-19-26(28)27(29)20-23/h12,14,19-21,24-25H,2-11,13,15-18H2,1H3/t21-,24-,25?. The summed E-state index contributed by atoms with van der Waals surface area (Å²) in [6.07, 6.45) is 22.4. The zero-order valence-corrected chi connectivity index (χ0v) is 18.4. The van der Waals surface area contributed by atoms with Gasteiger partial charge >= 0.3 is 0 Å². The van der Waals surface area contributed by atoms with E-state index in [1.165, 1.54) is 101 Å². The van der Waals surface area contributed by atoms with Gasteiger partial charge in [0.1, 0.15) is 0 Å². The fourth-order valence-electron chi connectivity index (χ4n) is 5.55. The van der Waals surface area contributed by atoms with E-state index in [0.717, 1.165) is 36.2 Å². The molecule has 0 bridgehead atoms. The van der Waals surface area contributed by atoms with Crippen LogP contribution in [0.25, 0.3) is 0 Å². The zero-order valence-electron chi connectivity index (χ0n) is 18.4. The molecule has 0 saturated heterocycles. The molecule has 29 heavy (non-hydrogen) atoms. The maximum absolute atomic E-state index is 13.4. The Kier molecular flexibility index (Phi) is 9.21. The van der Waals surface area contributed by atoms with E-state index < -0.39 is 11.6 Å². The Balaban J connectivity index is 1.34. The molecule has 0 aromatic heterocycles. The van der Waals surface area contributed by atoms with Crippen LogP contribution in [0.4, 0.5) is 8.78 Å². The van der Waals surface area contributed by atoms with Crippen LogP contribution < -0.4 is 0 Å². The molecular weight excluding hydrogens is 362 g/mol. The quantitative estimate of drug-likeness (QED) is 0.271. The van der Waals surface area contributed by atoms with Crippen molar-refractivity contribution < 1.29 is 8.78 Å². The van der Waals surface area contributed by atoms with Crippen molar-refractivity contribution in [2.75, 3.05) is 0 Å². The molecule has 1 fully saturated rings. The second-order valence-electron chi connectivity index (χ2n) is 9.63. The molecule has 0 nitrogen and oxygen atoms in total. The van der Waals surface area contributed by atoms with Crippen molar-refractivity contribution in [3.63, 3.8) is 0 Å². The minimum absolute atomic E-state index is 0.725. The zero-order chi connectivity index (χ0) is 20.5. The Hall–Kier alpha value is -1.18. The van der Waals surface area contributed by atoms with Crippen LogP contribution in [0.15, 0.2) is 29.8 Å². The summed E-state index contributed by atoms with van der Waals surface area (Å²) in [5, 5.41) is 0. The third-order valence-electron chi connectivity index (χ3n) is 7.54. The Labute approximate surface area is 177 Å². The van der Waals surface area contributed by atoms with Gasteiger partial charge in [-0.15, -0.1) is 0 Å². The lowest BCUT2D eigenvalue weighted by Crippen LogP contribution is -2.23. The number of halogens is 2. The van der Waals surface area contributed by atoms with Crippen molar-refractivity contribution in [1.29, 1.82) is 0 Å². The van der Waals surface area contributed by atoms with Crippen molar-refractivity contribution in [3.8, 4) is 0 Å². The molecular formula is C27H40F2. The molecule has 162 valence electrons. The number of unbranched alkanes of at least 4 members (excludes halogenated alkanes) is 4. The van der Waals surface area contributed by atoms with E-state index in [1.54, 1.807) is 6.07 Å². The van der Waals surface area contributed by atoms with E-state index in [9.17, 15) is 8.78 Å². The summed E-state index contributed by atoms with van der Waals surface area (Å²) >= 11 is 0. The average molecular weight is 403 g/mol. The number of rotatable bonds is 10. The van der Waals surface area contributed by atoms with E-state index in [2.05, 4.69) is 13.0 Å². The molecule has 1 aromatic rings. The number of benzene rings is 1. The monoisotopic (exact) mass is 402 g/mol. The van der Waals surface area contributed by atoms with Gasteiger partial charge in [0.2, 0.25) is 0 Å². The predicted molar refractivity (Wildman–Crippen MR) is 119 cm³/mol. The van der Waals surface area contributed by atoms with Crippen LogP contribution in [0, 0.1) is 29.4 Å². The second kappa shape index (κ2) is 11.9. The van der Waals surface area contributed by atoms with Gasteiger partial charge in [-0.1, -0.05) is 76.0 Å². The molecule has 0 spiro atoms. The highest BCUT2D eigenvalue weighted by molar-refractivity contribution is 5.20. The van der Waals surface area contributed by atoms with Gasteiger partial charge in [0.25, 0.3) is 0 Å². The molecule has 2 aliphatic carbocycles. The molecule has 0 aliphatic heterocycles. The summed E-state index contributed by atoms with van der Waals surface area (Å²) in [6.45, 7) is 2.29. The fourth-order valence-corrected chi connectivity index (χ4v) is 5.55. The molecule has 1 atom stereocenters. The number of hydrogen-bond acceptors (Lipinski definition) is 0. The smallest absolute Gasteiger partial charge is 0.159 e. The molecule has 0 radical (unpaired) electrons. The van der Waals surface area contributed by atoms with Crippen LogP contribution in [-0.4, -0.2) is 0 Å². The Morgan fingerprint density at radius 2 is 1.62 bits per heavy atom. The fraction of sp³-hybridized carbons (Fsp3) is 0.704. The largest absolute Gasteiger partial charge is 0.204 e. The van der Waals surface area contributed by atoms with Gasteiger partial charge in [0, 0.05) is 0 Å². The van der Waals surface area contributed by atoms with Crippen molar-refractivity contribution >= 4 is 0 Å². The van der Waals surface area contributed by atoms with Crippen molar-refractivity contribution in [2.24, 2.45) is 17.8 Å². The molecule has 2 aliphatic rings. The van der Waals surface area contributed by atoms with E-state index in [4.69, 9.17) is 0 Å². The first kappa shape index (κ1) is 22.5. The van der Waals surface area contributed by atoms with Gasteiger partial charge in [-0.3, -0.25) is 0 Å². The van der Waals surface area contributed by atoms with Crippen LogP contribution >= 0.6 is 0 Å². The Morgan fingerprint density at radius 1 is 0.828 bits per heavy atom. The van der Waals surface area contributed by atoms with Crippen LogP contribution in [0.2, 0.25) is 0 Å². The van der Waals surface area contributed by atoms with E-state index in [-0.39, 0.29) is 0 Å². The normalized spacial score (nSPS) is 25.1. The average Bonchev–Trinajstić information content (AvgIpc) is 2.75. The third kappa shape index (κ3) is 7.23. The summed E-state index contributed by atoms with van der Waals surface area (Å²) in [4.78, 5) is 0. The first-order chi connectivity index (χ1) is 14.2. The Bertz CT molecular complexity index is 640. The van der Waals surface area contributed by atoms with Crippen LogP contribution in [0.3, 0.4) is 0 Å². The third-order valence-corrected chi connectivity index (χ3v) is 7.54. The molecule has 0 N–H and O–H groups in total. The van der Waals surface area contributed by atoms with E-state index in [0.29, 0.717) is 0 Å². The highest BCUT2D eigenvalue weighted by Crippen LogP contribution is 2.41.